The summed E-state index contributed by atoms with van der Waals surface area (Å²) in [4.78, 5) is 12.8. The van der Waals surface area contributed by atoms with Crippen LogP contribution in [0.3, 0.4) is 0 Å². The number of hydrogen-bond acceptors (Lipinski definition) is 5. The summed E-state index contributed by atoms with van der Waals surface area (Å²) in [6, 6.07) is 0.947. The zero-order chi connectivity index (χ0) is 8.43. The number of aromatic hydroxyl groups is 1. The second-order valence-corrected chi connectivity index (χ2v) is 1.85. The Balaban J connectivity index is 3.23. The van der Waals surface area contributed by atoms with Gasteiger partial charge in [-0.1, -0.05) is 0 Å². The highest BCUT2D eigenvalue weighted by Gasteiger charge is 2.12. The van der Waals surface area contributed by atoms with E-state index in [0.717, 1.165) is 12.3 Å². The minimum absolute atomic E-state index is 0.201. The number of aromatic nitrogens is 1. The van der Waals surface area contributed by atoms with E-state index < -0.39 is 4.92 Å². The van der Waals surface area contributed by atoms with Gasteiger partial charge in [0.1, 0.15) is 5.75 Å². The second-order valence-electron chi connectivity index (χ2n) is 1.85. The van der Waals surface area contributed by atoms with E-state index in [-0.39, 0.29) is 17.3 Å². The molecule has 0 fully saturated rings. The van der Waals surface area contributed by atoms with Gasteiger partial charge in [0, 0.05) is 0 Å². The monoisotopic (exact) mass is 155 g/mol. The van der Waals surface area contributed by atoms with Crippen LogP contribution in [0.25, 0.3) is 0 Å². The number of nitro groups is 1. The Morgan fingerprint density at radius 3 is 2.82 bits per heavy atom. The summed E-state index contributed by atoms with van der Waals surface area (Å²) < 4.78 is 0. The van der Waals surface area contributed by atoms with Crippen LogP contribution >= 0.6 is 0 Å². The fourth-order valence-corrected chi connectivity index (χ4v) is 0.599. The van der Waals surface area contributed by atoms with Gasteiger partial charge in [0.15, 0.2) is 0 Å². The molecule has 0 aliphatic carbocycles. The minimum Gasteiger partial charge on any atom is -0.506 e. The number of nitrogens with two attached hydrogens (primary N) is 1. The molecule has 1 rings (SSSR count). The lowest BCUT2D eigenvalue weighted by Gasteiger charge is -1.94. The Morgan fingerprint density at radius 1 is 1.73 bits per heavy atom. The minimum atomic E-state index is -0.706. The van der Waals surface area contributed by atoms with E-state index in [1.807, 2.05) is 0 Å². The summed E-state index contributed by atoms with van der Waals surface area (Å²) in [6.07, 6.45) is 1.04. The van der Waals surface area contributed by atoms with Gasteiger partial charge in [-0.15, -0.1) is 0 Å². The molecular formula is C5H5N3O3. The Labute approximate surface area is 61.4 Å². The number of nitrogens with zero attached hydrogens (tertiary/aromatic N) is 2. The lowest BCUT2D eigenvalue weighted by Crippen LogP contribution is -1.97. The Bertz CT molecular complexity index is 299. The van der Waals surface area contributed by atoms with Crippen LogP contribution in [0.2, 0.25) is 0 Å². The number of rotatable bonds is 1. The maximum atomic E-state index is 10.1. The molecule has 0 aliphatic heterocycles. The molecule has 1 heterocycles. The van der Waals surface area contributed by atoms with Crippen molar-refractivity contribution in [3.05, 3.63) is 22.4 Å². The van der Waals surface area contributed by atoms with Crippen molar-refractivity contribution >= 4 is 11.5 Å². The first-order valence-corrected chi connectivity index (χ1v) is 2.70. The molecule has 0 bridgehead atoms. The molecule has 6 heteroatoms. The van der Waals surface area contributed by atoms with Crippen molar-refractivity contribution in [2.24, 2.45) is 0 Å². The predicted molar refractivity (Wildman–Crippen MR) is 37.0 cm³/mol. The molecular weight excluding hydrogens is 150 g/mol. The fraction of sp³-hybridized carbons (Fsp3) is 0. The highest BCUT2D eigenvalue weighted by Crippen LogP contribution is 2.22. The summed E-state index contributed by atoms with van der Waals surface area (Å²) in [5, 5.41) is 18.9. The number of anilines is 1. The van der Waals surface area contributed by atoms with Crippen LogP contribution in [-0.4, -0.2) is 15.0 Å². The van der Waals surface area contributed by atoms with Gasteiger partial charge in [-0.05, 0) is 0 Å². The number of hydrogen-bond donors (Lipinski definition) is 2. The maximum absolute atomic E-state index is 10.1. The zero-order valence-corrected chi connectivity index (χ0v) is 5.39. The smallest absolute Gasteiger partial charge is 0.314 e. The second kappa shape index (κ2) is 2.41. The first kappa shape index (κ1) is 7.26. The van der Waals surface area contributed by atoms with Gasteiger partial charge in [0.05, 0.1) is 17.2 Å². The van der Waals surface area contributed by atoms with E-state index in [0.29, 0.717) is 0 Å². The van der Waals surface area contributed by atoms with Crippen LogP contribution < -0.4 is 5.73 Å². The third-order valence-electron chi connectivity index (χ3n) is 1.08. The van der Waals surface area contributed by atoms with Gasteiger partial charge >= 0.3 is 5.69 Å². The zero-order valence-electron chi connectivity index (χ0n) is 5.39. The standard InChI is InChI=1S/C5H5N3O3/c6-5-4(8(10)11)1-3(9)2-7-5/h1-2,9H,(H2,6,7). The van der Waals surface area contributed by atoms with E-state index in [9.17, 15) is 10.1 Å². The van der Waals surface area contributed by atoms with Crippen LogP contribution in [0, 0.1) is 10.1 Å². The summed E-state index contributed by atoms with van der Waals surface area (Å²) in [6.45, 7) is 0. The first-order chi connectivity index (χ1) is 5.11. The number of pyridine rings is 1. The lowest BCUT2D eigenvalue weighted by molar-refractivity contribution is -0.384. The Hall–Kier alpha value is -1.85. The molecule has 3 N–H and O–H groups in total. The molecule has 0 saturated carbocycles. The van der Waals surface area contributed by atoms with Crippen LogP contribution in [0.5, 0.6) is 5.75 Å². The van der Waals surface area contributed by atoms with Crippen molar-refractivity contribution in [3.8, 4) is 5.75 Å². The van der Waals surface area contributed by atoms with E-state index >= 15 is 0 Å². The normalized spacial score (nSPS) is 9.45. The molecule has 58 valence electrons. The topological polar surface area (TPSA) is 102 Å². The van der Waals surface area contributed by atoms with Gasteiger partial charge in [0.2, 0.25) is 5.82 Å². The molecule has 0 aliphatic rings. The van der Waals surface area contributed by atoms with E-state index in [1.54, 1.807) is 0 Å². The van der Waals surface area contributed by atoms with Crippen LogP contribution in [0.4, 0.5) is 11.5 Å². The highest BCUT2D eigenvalue weighted by molar-refractivity contribution is 5.54. The summed E-state index contributed by atoms with van der Waals surface area (Å²) in [5.41, 5.74) is 4.74. The van der Waals surface area contributed by atoms with Crippen LogP contribution in [0.15, 0.2) is 12.3 Å². The van der Waals surface area contributed by atoms with Gasteiger partial charge in [-0.25, -0.2) is 4.98 Å². The van der Waals surface area contributed by atoms with Crippen molar-refractivity contribution in [3.63, 3.8) is 0 Å². The van der Waals surface area contributed by atoms with Crippen molar-refractivity contribution in [1.29, 1.82) is 0 Å². The molecule has 0 aromatic carbocycles. The third-order valence-corrected chi connectivity index (χ3v) is 1.08. The average Bonchev–Trinajstić information content (AvgIpc) is 1.94. The molecule has 0 unspecified atom stereocenters. The predicted octanol–water partition coefficient (Wildman–Crippen LogP) is 0.278. The SMILES string of the molecule is Nc1ncc(O)cc1[N+](=O)[O-]. The largest absolute Gasteiger partial charge is 0.506 e. The van der Waals surface area contributed by atoms with Crippen molar-refractivity contribution in [2.75, 3.05) is 5.73 Å². The summed E-state index contributed by atoms with van der Waals surface area (Å²) >= 11 is 0. The maximum Gasteiger partial charge on any atom is 0.314 e. The van der Waals surface area contributed by atoms with Gasteiger partial charge in [-0.2, -0.15) is 0 Å². The van der Waals surface area contributed by atoms with E-state index in [1.165, 1.54) is 0 Å². The van der Waals surface area contributed by atoms with Crippen molar-refractivity contribution < 1.29 is 10.0 Å². The lowest BCUT2D eigenvalue weighted by atomic mass is 10.4. The van der Waals surface area contributed by atoms with Gasteiger partial charge in [-0.3, -0.25) is 10.1 Å². The highest BCUT2D eigenvalue weighted by atomic mass is 16.6. The molecule has 0 radical (unpaired) electrons. The molecule has 0 saturated heterocycles. The molecule has 1 aromatic heterocycles. The quantitative estimate of drug-likeness (QED) is 0.447. The molecule has 6 nitrogen and oxygen atoms in total. The summed E-state index contributed by atoms with van der Waals surface area (Å²) in [5.74, 6) is -0.473. The average molecular weight is 155 g/mol. The molecule has 0 amide bonds. The van der Waals surface area contributed by atoms with Crippen molar-refractivity contribution in [2.45, 2.75) is 0 Å². The van der Waals surface area contributed by atoms with Crippen LogP contribution in [0.1, 0.15) is 0 Å². The van der Waals surface area contributed by atoms with Gasteiger partial charge in [0.25, 0.3) is 0 Å². The molecule has 11 heavy (non-hydrogen) atoms. The van der Waals surface area contributed by atoms with Crippen LogP contribution in [-0.2, 0) is 0 Å². The van der Waals surface area contributed by atoms with Crippen molar-refractivity contribution in [1.82, 2.24) is 4.98 Å². The Kier molecular flexibility index (Phi) is 1.59. The molecule has 0 spiro atoms. The third kappa shape index (κ3) is 1.34. The summed E-state index contributed by atoms with van der Waals surface area (Å²) in [7, 11) is 0. The molecule has 0 atom stereocenters. The van der Waals surface area contributed by atoms with E-state index in [4.69, 9.17) is 10.8 Å². The number of nitrogen functional groups attached to an aromatic ring is 1. The van der Waals surface area contributed by atoms with Gasteiger partial charge < -0.3 is 10.8 Å². The first-order valence-electron chi connectivity index (χ1n) is 2.70. The fourth-order valence-electron chi connectivity index (χ4n) is 0.599. The molecule has 1 aromatic rings. The van der Waals surface area contributed by atoms with E-state index in [2.05, 4.69) is 4.98 Å². The Morgan fingerprint density at radius 2 is 2.36 bits per heavy atom.